The van der Waals surface area contributed by atoms with Crippen molar-refractivity contribution >= 4 is 75.8 Å². The molecular weight excluding hydrogens is 701 g/mol. The normalized spacial score (nSPS) is 16.9. The Labute approximate surface area is 365 Å². The van der Waals surface area contributed by atoms with Gasteiger partial charge in [0, 0.05) is 10.8 Å². The number of hydrogen-bond donors (Lipinski definition) is 0. The van der Waals surface area contributed by atoms with Crippen molar-refractivity contribution in [3.63, 3.8) is 0 Å². The van der Waals surface area contributed by atoms with Crippen LogP contribution in [0.5, 0.6) is 0 Å². The fourth-order valence-corrected chi connectivity index (χ4v) is 8.14. The van der Waals surface area contributed by atoms with Gasteiger partial charge < -0.3 is 4.42 Å². The Balaban J connectivity index is 1.11. The van der Waals surface area contributed by atoms with E-state index in [1.165, 1.54) is 0 Å². The highest BCUT2D eigenvalue weighted by Gasteiger charge is 2.18. The molecule has 1 heteroatoms. The van der Waals surface area contributed by atoms with Crippen LogP contribution in [0.15, 0.2) is 210 Å². The van der Waals surface area contributed by atoms with Crippen LogP contribution in [0.3, 0.4) is 0 Å². The summed E-state index contributed by atoms with van der Waals surface area (Å²) in [7, 11) is 0. The van der Waals surface area contributed by atoms with Gasteiger partial charge in [0.2, 0.25) is 0 Å². The van der Waals surface area contributed by atoms with Crippen LogP contribution in [-0.2, 0) is 6.42 Å². The highest BCUT2D eigenvalue weighted by molar-refractivity contribution is 6.17. The van der Waals surface area contributed by atoms with Crippen LogP contribution >= 0.6 is 0 Å². The zero-order chi connectivity index (χ0) is 56.4. The number of benzene rings is 11. The van der Waals surface area contributed by atoms with E-state index in [0.29, 0.717) is 21.9 Å². The average molecular weight is 758 g/mol. The average Bonchev–Trinajstić information content (AvgIpc) is 4.11. The Morgan fingerprint density at radius 1 is 0.397 bits per heavy atom. The van der Waals surface area contributed by atoms with Crippen LogP contribution in [-0.4, -0.2) is 0 Å². The largest absolute Gasteiger partial charge is 0.456 e. The van der Waals surface area contributed by atoms with Crippen LogP contribution in [0.25, 0.3) is 109 Å². The SMILES string of the molecule is [2H]c1c(-c2ccc3cc(-c4c5c([2H])c([2H])c([2H])c([2H])c5c(Cc5c([2H])c([2H])c([2H])c6c([2H])c([2H])c([2H])c([2H])c56)c5c([2H])c([2H])c([2H])c([2H])c45)ccc3c2)c([2H])c2c(oc3c([2H])c([2H])c([2H])c(-c4cccc5ccccc45)c32)c1[2H]. The number of hydrogen-bond acceptors (Lipinski definition) is 1. The van der Waals surface area contributed by atoms with E-state index in [0.717, 1.165) is 10.8 Å². The molecule has 0 N–H and O–H groups in total. The summed E-state index contributed by atoms with van der Waals surface area (Å²) in [5.74, 6) is 0. The molecule has 0 bridgehead atoms. The molecule has 0 saturated carbocycles. The summed E-state index contributed by atoms with van der Waals surface area (Å²) in [5, 5.41) is 1.36. The van der Waals surface area contributed by atoms with E-state index < -0.39 is 115 Å². The Kier molecular flexibility index (Phi) is 4.09. The lowest BCUT2D eigenvalue weighted by molar-refractivity contribution is 0.669. The van der Waals surface area contributed by atoms with Gasteiger partial charge >= 0.3 is 0 Å². The monoisotopic (exact) mass is 757 g/mol. The van der Waals surface area contributed by atoms with Crippen molar-refractivity contribution in [2.75, 3.05) is 0 Å². The van der Waals surface area contributed by atoms with Crippen LogP contribution < -0.4 is 0 Å². The number of furan rings is 1. The van der Waals surface area contributed by atoms with Gasteiger partial charge in [-0.05, 0) is 135 Å². The minimum Gasteiger partial charge on any atom is -0.456 e. The molecule has 1 heterocycles. The first-order chi connectivity index (χ1) is 37.5. The lowest BCUT2D eigenvalue weighted by Gasteiger charge is -2.18. The maximum Gasteiger partial charge on any atom is 0.136 e. The first-order valence-corrected chi connectivity index (χ1v) is 18.4. The highest BCUT2D eigenvalue weighted by Crippen LogP contribution is 2.43. The molecule has 0 atom stereocenters. The first kappa shape index (κ1) is 18.2. The van der Waals surface area contributed by atoms with E-state index in [2.05, 4.69) is 0 Å². The molecule has 1 nitrogen and oxygen atoms in total. The van der Waals surface area contributed by atoms with Crippen molar-refractivity contribution < 1.29 is 33.2 Å². The molecule has 12 aromatic rings. The van der Waals surface area contributed by atoms with Gasteiger partial charge in [-0.2, -0.15) is 0 Å². The Bertz CT molecular complexity index is 4740. The molecule has 0 aliphatic carbocycles. The smallest absolute Gasteiger partial charge is 0.136 e. The number of fused-ring (bicyclic) bond motifs is 8. The van der Waals surface area contributed by atoms with Crippen molar-refractivity contribution in [1.82, 2.24) is 0 Å². The fourth-order valence-electron chi connectivity index (χ4n) is 8.14. The molecule has 270 valence electrons. The lowest BCUT2D eigenvalue weighted by atomic mass is 9.85. The number of rotatable bonds is 5. The van der Waals surface area contributed by atoms with Gasteiger partial charge in [-0.25, -0.2) is 0 Å². The maximum absolute atomic E-state index is 9.76. The fraction of sp³-hybridized carbons (Fsp3) is 0.0175. The van der Waals surface area contributed by atoms with Crippen molar-refractivity contribution in [2.24, 2.45) is 0 Å². The van der Waals surface area contributed by atoms with Gasteiger partial charge in [-0.3, -0.25) is 0 Å². The van der Waals surface area contributed by atoms with Crippen molar-refractivity contribution in [1.29, 1.82) is 0 Å². The summed E-state index contributed by atoms with van der Waals surface area (Å²) < 4.78 is 195. The topological polar surface area (TPSA) is 13.1 Å². The standard InChI is InChI=1S/C57H36O/c1-3-17-44-36(12-1)14-9-16-42(44)35-52-47-19-5-7-21-49(47)56(50-22-8-6-20-48(50)52)43-29-28-38-32-39(26-27-40(38)33-43)41-30-31-54-53(34-41)57-51(24-11-25-55(57)58-54)46-23-10-15-37-13-2-4-18-45(37)46/h1-34H,35H2/i1D,3D,5D,6D,7D,8D,9D,11D,12D,14D,16D,17D,19D,20D,21D,22D,24D,25D,30D,31D,34D. The summed E-state index contributed by atoms with van der Waals surface area (Å²) in [6.07, 6.45) is -0.637. The van der Waals surface area contributed by atoms with Gasteiger partial charge in [0.15, 0.2) is 0 Å². The molecule has 1 aromatic heterocycles. The zero-order valence-corrected chi connectivity index (χ0v) is 30.1. The molecule has 0 radical (unpaired) electrons. The molecule has 0 unspecified atom stereocenters. The van der Waals surface area contributed by atoms with Gasteiger partial charge in [-0.1, -0.05) is 175 Å². The van der Waals surface area contributed by atoms with Gasteiger partial charge in [0.25, 0.3) is 0 Å². The second-order valence-electron chi connectivity index (χ2n) is 13.9. The predicted molar refractivity (Wildman–Crippen MR) is 247 cm³/mol. The van der Waals surface area contributed by atoms with Gasteiger partial charge in [-0.15, -0.1) is 0 Å². The molecule has 0 aliphatic heterocycles. The van der Waals surface area contributed by atoms with Gasteiger partial charge in [0.05, 0.1) is 28.8 Å². The minimum atomic E-state index is -0.706. The van der Waals surface area contributed by atoms with E-state index in [-0.39, 0.29) is 106 Å². The summed E-state index contributed by atoms with van der Waals surface area (Å²) >= 11 is 0. The van der Waals surface area contributed by atoms with E-state index in [1.54, 1.807) is 48.5 Å². The molecule has 11 aromatic carbocycles. The molecule has 0 spiro atoms. The van der Waals surface area contributed by atoms with Crippen LogP contribution in [0, 0.1) is 0 Å². The van der Waals surface area contributed by atoms with Crippen molar-refractivity contribution in [2.45, 2.75) is 6.42 Å². The third-order valence-corrected chi connectivity index (χ3v) is 10.8. The van der Waals surface area contributed by atoms with E-state index in [4.69, 9.17) is 22.2 Å². The Morgan fingerprint density at radius 3 is 1.90 bits per heavy atom. The van der Waals surface area contributed by atoms with Crippen LogP contribution in [0.2, 0.25) is 0 Å². The maximum atomic E-state index is 9.76. The van der Waals surface area contributed by atoms with Crippen molar-refractivity contribution in [3.8, 4) is 33.4 Å². The zero-order valence-electron chi connectivity index (χ0n) is 51.1. The first-order valence-electron chi connectivity index (χ1n) is 28.9. The minimum absolute atomic E-state index is 0.0160. The van der Waals surface area contributed by atoms with E-state index in [9.17, 15) is 11.0 Å². The summed E-state index contributed by atoms with van der Waals surface area (Å²) in [5.41, 5.74) is 0.693. The third kappa shape index (κ3) is 5.17. The van der Waals surface area contributed by atoms with Crippen LogP contribution in [0.1, 0.15) is 39.9 Å². The van der Waals surface area contributed by atoms with Gasteiger partial charge in [0.1, 0.15) is 11.2 Å². The summed E-state index contributed by atoms with van der Waals surface area (Å²) in [4.78, 5) is 0. The second kappa shape index (κ2) is 13.0. The predicted octanol–water partition coefficient (Wildman–Crippen LogP) is 15.9. The lowest BCUT2D eigenvalue weighted by Crippen LogP contribution is -1.96. The van der Waals surface area contributed by atoms with Crippen molar-refractivity contribution in [3.05, 3.63) is 217 Å². The Hall–Kier alpha value is -7.48. The molecular formula is C57H36O. The molecule has 58 heavy (non-hydrogen) atoms. The molecule has 0 amide bonds. The quantitative estimate of drug-likeness (QED) is 0.159. The van der Waals surface area contributed by atoms with E-state index >= 15 is 0 Å². The molecule has 0 saturated heterocycles. The molecule has 0 aliphatic rings. The third-order valence-electron chi connectivity index (χ3n) is 10.8. The Morgan fingerprint density at radius 2 is 1.07 bits per heavy atom. The molecule has 0 fully saturated rings. The van der Waals surface area contributed by atoms with E-state index in [1.807, 2.05) is 30.3 Å². The molecule has 12 rings (SSSR count). The summed E-state index contributed by atoms with van der Waals surface area (Å²) in [6, 6.07) is 10.8. The second-order valence-corrected chi connectivity index (χ2v) is 13.9. The summed E-state index contributed by atoms with van der Waals surface area (Å²) in [6.45, 7) is 0. The highest BCUT2D eigenvalue weighted by atomic mass is 16.3. The van der Waals surface area contributed by atoms with Crippen LogP contribution in [0.4, 0.5) is 0 Å².